The summed E-state index contributed by atoms with van der Waals surface area (Å²) in [5, 5.41) is 7.33. The van der Waals surface area contributed by atoms with E-state index in [2.05, 4.69) is 56.4 Å². The zero-order valence-electron chi connectivity index (χ0n) is 18.2. The summed E-state index contributed by atoms with van der Waals surface area (Å²) in [4.78, 5) is 31.5. The first-order valence-electron chi connectivity index (χ1n) is 10.7. The van der Waals surface area contributed by atoms with Crippen molar-refractivity contribution in [2.75, 3.05) is 43.9 Å². The van der Waals surface area contributed by atoms with E-state index >= 15 is 0 Å². The van der Waals surface area contributed by atoms with Crippen LogP contribution in [0.25, 0.3) is 27.9 Å². The normalized spacial score (nSPS) is 14.5. The lowest BCUT2D eigenvalue weighted by atomic mass is 10.0. The minimum Gasteiger partial charge on any atom is -0.383 e. The molecule has 1 aliphatic rings. The Labute approximate surface area is 190 Å². The molecular formula is C24H23N7O2. The lowest BCUT2D eigenvalue weighted by Gasteiger charge is -2.34. The third kappa shape index (κ3) is 3.72. The van der Waals surface area contributed by atoms with Crippen LogP contribution in [0.2, 0.25) is 0 Å². The van der Waals surface area contributed by atoms with Crippen LogP contribution in [0.4, 0.5) is 17.2 Å². The van der Waals surface area contributed by atoms with Gasteiger partial charge in [-0.15, -0.1) is 4.91 Å². The molecule has 2 aromatic carbocycles. The molecule has 5 rings (SSSR count). The van der Waals surface area contributed by atoms with Gasteiger partial charge in [-0.25, -0.2) is 4.98 Å². The van der Waals surface area contributed by atoms with Gasteiger partial charge in [0.1, 0.15) is 11.5 Å². The quantitative estimate of drug-likeness (QED) is 0.372. The molecule has 166 valence electrons. The number of benzene rings is 2. The van der Waals surface area contributed by atoms with Crippen molar-refractivity contribution >= 4 is 29.1 Å². The van der Waals surface area contributed by atoms with Crippen LogP contribution in [-0.2, 0) is 0 Å². The predicted octanol–water partition coefficient (Wildman–Crippen LogP) is 3.61. The molecule has 1 saturated heterocycles. The van der Waals surface area contributed by atoms with E-state index in [-0.39, 0.29) is 11.3 Å². The Morgan fingerprint density at radius 1 is 0.970 bits per heavy atom. The highest BCUT2D eigenvalue weighted by atomic mass is 16.3. The minimum absolute atomic E-state index is 0.0859. The van der Waals surface area contributed by atoms with Crippen LogP contribution >= 0.6 is 0 Å². The van der Waals surface area contributed by atoms with Crippen molar-refractivity contribution in [2.24, 2.45) is 5.18 Å². The second-order valence-electron chi connectivity index (χ2n) is 8.17. The van der Waals surface area contributed by atoms with Gasteiger partial charge in [-0.2, -0.15) is 9.61 Å². The number of nitrogens with zero attached hydrogens (tertiary/aromatic N) is 6. The van der Waals surface area contributed by atoms with E-state index in [9.17, 15) is 9.70 Å². The van der Waals surface area contributed by atoms with Crippen molar-refractivity contribution in [3.63, 3.8) is 0 Å². The number of aldehydes is 1. The highest BCUT2D eigenvalue weighted by Crippen LogP contribution is 2.32. The Morgan fingerprint density at radius 3 is 2.39 bits per heavy atom. The smallest absolute Gasteiger partial charge is 0.165 e. The Bertz CT molecular complexity index is 1340. The number of nitrogen functional groups attached to an aromatic ring is 1. The molecule has 0 radical (unpaired) electrons. The molecule has 3 heterocycles. The highest BCUT2D eigenvalue weighted by Gasteiger charge is 2.17. The number of fused-ring (bicyclic) bond motifs is 1. The van der Waals surface area contributed by atoms with Gasteiger partial charge in [0.05, 0.1) is 6.20 Å². The molecule has 0 saturated carbocycles. The first-order chi connectivity index (χ1) is 16.1. The summed E-state index contributed by atoms with van der Waals surface area (Å²) in [6.45, 7) is 4.15. The molecule has 4 aromatic rings. The van der Waals surface area contributed by atoms with Gasteiger partial charge in [0.2, 0.25) is 0 Å². The van der Waals surface area contributed by atoms with Crippen LogP contribution in [0.1, 0.15) is 10.4 Å². The van der Waals surface area contributed by atoms with Crippen LogP contribution in [0, 0.1) is 4.91 Å². The van der Waals surface area contributed by atoms with Gasteiger partial charge >= 0.3 is 0 Å². The average molecular weight is 441 g/mol. The number of likely N-dealkylation sites (N-methyl/N-ethyl adjacent to an activating group) is 1. The van der Waals surface area contributed by atoms with Crippen LogP contribution in [0.3, 0.4) is 0 Å². The van der Waals surface area contributed by atoms with E-state index in [1.54, 1.807) is 29.0 Å². The molecule has 2 aromatic heterocycles. The number of carbonyl (C=O) groups excluding carboxylic acids is 1. The summed E-state index contributed by atoms with van der Waals surface area (Å²) < 4.78 is 1.59. The molecular weight excluding hydrogens is 418 g/mol. The third-order valence-corrected chi connectivity index (χ3v) is 6.17. The molecule has 2 N–H and O–H groups in total. The number of nitroso groups, excluding NO2 is 1. The fourth-order valence-corrected chi connectivity index (χ4v) is 4.19. The summed E-state index contributed by atoms with van der Waals surface area (Å²) in [6.07, 6.45) is 4.01. The van der Waals surface area contributed by atoms with Crippen LogP contribution in [0.15, 0.2) is 60.0 Å². The molecule has 0 bridgehead atoms. The number of nitrogens with two attached hydrogens (primary N) is 1. The largest absolute Gasteiger partial charge is 0.383 e. The van der Waals surface area contributed by atoms with Crippen molar-refractivity contribution in [1.29, 1.82) is 0 Å². The van der Waals surface area contributed by atoms with Gasteiger partial charge in [-0.05, 0) is 47.6 Å². The number of hydrogen-bond acceptors (Lipinski definition) is 8. The lowest BCUT2D eigenvalue weighted by Crippen LogP contribution is -2.44. The molecule has 0 atom stereocenters. The first kappa shape index (κ1) is 20.8. The van der Waals surface area contributed by atoms with E-state index in [1.807, 2.05) is 0 Å². The zero-order valence-corrected chi connectivity index (χ0v) is 18.2. The maximum Gasteiger partial charge on any atom is 0.165 e. The predicted molar refractivity (Wildman–Crippen MR) is 129 cm³/mol. The van der Waals surface area contributed by atoms with Gasteiger partial charge < -0.3 is 15.5 Å². The minimum atomic E-state index is 0.0859. The van der Waals surface area contributed by atoms with Gasteiger partial charge in [0.15, 0.2) is 11.9 Å². The Morgan fingerprint density at radius 2 is 1.70 bits per heavy atom. The molecule has 1 fully saturated rings. The maximum atomic E-state index is 11.3. The number of piperazine rings is 1. The highest BCUT2D eigenvalue weighted by molar-refractivity contribution is 5.88. The van der Waals surface area contributed by atoms with Crippen molar-refractivity contribution in [3.05, 3.63) is 65.3 Å². The summed E-state index contributed by atoms with van der Waals surface area (Å²) in [6, 6.07) is 13.2. The molecule has 0 amide bonds. The molecule has 0 spiro atoms. The van der Waals surface area contributed by atoms with E-state index < -0.39 is 0 Å². The molecule has 33 heavy (non-hydrogen) atoms. The first-order valence-corrected chi connectivity index (χ1v) is 10.7. The van der Waals surface area contributed by atoms with Crippen molar-refractivity contribution in [1.82, 2.24) is 19.5 Å². The van der Waals surface area contributed by atoms with Crippen LogP contribution in [-0.4, -0.2) is 59.0 Å². The van der Waals surface area contributed by atoms with Crippen molar-refractivity contribution in [2.45, 2.75) is 0 Å². The fraction of sp³-hybridized carbons (Fsp3) is 0.208. The van der Waals surface area contributed by atoms with E-state index in [4.69, 9.17) is 5.73 Å². The number of anilines is 2. The maximum absolute atomic E-state index is 11.3. The van der Waals surface area contributed by atoms with E-state index in [0.29, 0.717) is 28.9 Å². The lowest BCUT2D eigenvalue weighted by molar-refractivity contribution is 0.112. The SMILES string of the molecule is CN1CCN(c2ccc(-c3cnn4c(N)c(-c5ccc(N=O)c(C=O)c5)cnc34)cc2)CC1. The average Bonchev–Trinajstić information content (AvgIpc) is 3.29. The van der Waals surface area contributed by atoms with Gasteiger partial charge in [0.25, 0.3) is 0 Å². The summed E-state index contributed by atoms with van der Waals surface area (Å²) in [5.41, 5.74) is 11.7. The molecule has 0 aliphatic carbocycles. The molecule has 0 unspecified atom stereocenters. The monoisotopic (exact) mass is 441 g/mol. The molecule has 9 heteroatoms. The third-order valence-electron chi connectivity index (χ3n) is 6.17. The number of carbonyl (C=O) groups is 1. The summed E-state index contributed by atoms with van der Waals surface area (Å²) in [7, 11) is 2.15. The Kier molecular flexibility index (Phi) is 5.31. The summed E-state index contributed by atoms with van der Waals surface area (Å²) >= 11 is 0. The second-order valence-corrected chi connectivity index (χ2v) is 8.17. The fourth-order valence-electron chi connectivity index (χ4n) is 4.19. The van der Waals surface area contributed by atoms with Crippen molar-refractivity contribution < 1.29 is 4.79 Å². The number of aromatic nitrogens is 3. The standard InChI is InChI=1S/C24H23N7O2/c1-29-8-10-30(11-9-29)19-5-2-16(3-6-19)21-14-27-31-23(25)20(13-26-24(21)31)17-4-7-22(28-33)18(12-17)15-32/h2-7,12-15H,8-11,25H2,1H3. The van der Waals surface area contributed by atoms with E-state index in [1.165, 1.54) is 11.8 Å². The molecule has 9 nitrogen and oxygen atoms in total. The van der Waals surface area contributed by atoms with E-state index in [0.717, 1.165) is 37.3 Å². The Hall–Kier alpha value is -4.11. The Balaban J connectivity index is 1.48. The van der Waals surface area contributed by atoms with Crippen LogP contribution < -0.4 is 10.6 Å². The van der Waals surface area contributed by atoms with Gasteiger partial charge in [-0.3, -0.25) is 4.79 Å². The van der Waals surface area contributed by atoms with Gasteiger partial charge in [0, 0.05) is 54.8 Å². The second kappa shape index (κ2) is 8.44. The van der Waals surface area contributed by atoms with Crippen molar-refractivity contribution in [3.8, 4) is 22.3 Å². The van der Waals surface area contributed by atoms with Crippen LogP contribution in [0.5, 0.6) is 0 Å². The zero-order chi connectivity index (χ0) is 22.9. The number of hydrogen-bond donors (Lipinski definition) is 1. The summed E-state index contributed by atoms with van der Waals surface area (Å²) in [5.74, 6) is 0.393. The van der Waals surface area contributed by atoms with Gasteiger partial charge in [-0.1, -0.05) is 18.2 Å². The topological polar surface area (TPSA) is 109 Å². The number of rotatable bonds is 5. The molecule has 1 aliphatic heterocycles.